The van der Waals surface area contributed by atoms with Gasteiger partial charge in [-0.1, -0.05) is 24.6 Å². The van der Waals surface area contributed by atoms with Crippen molar-refractivity contribution in [3.63, 3.8) is 0 Å². The van der Waals surface area contributed by atoms with Gasteiger partial charge in [-0.25, -0.2) is 27.2 Å². The molecule has 1 aliphatic heterocycles. The number of hydrogen-bond donors (Lipinski definition) is 1. The van der Waals surface area contributed by atoms with Gasteiger partial charge in [-0.05, 0) is 31.0 Å². The SMILES string of the molecule is COCC1(F)CCN(c2cc(C(=O)NS(C)(=O)=O)nc3c2c(C2CCC2)nn3-c2ccccc2)CC1. The van der Waals surface area contributed by atoms with Crippen LogP contribution in [0.4, 0.5) is 10.1 Å². The number of nitrogens with zero attached hydrogens (tertiary/aromatic N) is 4. The van der Waals surface area contributed by atoms with E-state index in [2.05, 4.69) is 4.98 Å². The van der Waals surface area contributed by atoms with Crippen molar-refractivity contribution in [2.75, 3.05) is 38.0 Å². The average Bonchev–Trinajstić information content (AvgIpc) is 3.16. The number of methoxy groups -OCH3 is 1. The number of pyridine rings is 1. The van der Waals surface area contributed by atoms with Crippen molar-refractivity contribution in [1.29, 1.82) is 0 Å². The maximum Gasteiger partial charge on any atom is 0.283 e. The molecule has 1 amide bonds. The topological polar surface area (TPSA) is 106 Å². The number of halogens is 1. The molecule has 1 saturated carbocycles. The predicted molar refractivity (Wildman–Crippen MR) is 135 cm³/mol. The van der Waals surface area contributed by atoms with Crippen LogP contribution in [0.15, 0.2) is 36.4 Å². The Morgan fingerprint density at radius 3 is 2.50 bits per heavy atom. The molecule has 2 fully saturated rings. The maximum absolute atomic E-state index is 15.2. The van der Waals surface area contributed by atoms with Crippen LogP contribution in [0.5, 0.6) is 0 Å². The molecule has 2 aliphatic rings. The van der Waals surface area contributed by atoms with Gasteiger partial charge in [-0.3, -0.25) is 4.79 Å². The van der Waals surface area contributed by atoms with E-state index in [9.17, 15) is 13.2 Å². The largest absolute Gasteiger partial charge is 0.381 e. The second-order valence-electron chi connectivity index (χ2n) is 9.76. The van der Waals surface area contributed by atoms with E-state index < -0.39 is 21.6 Å². The Labute approximate surface area is 209 Å². The number of carbonyl (C=O) groups is 1. The van der Waals surface area contributed by atoms with Crippen LogP contribution in [0.2, 0.25) is 0 Å². The quantitative estimate of drug-likeness (QED) is 0.514. The minimum absolute atomic E-state index is 0.0332. The Morgan fingerprint density at radius 2 is 1.92 bits per heavy atom. The van der Waals surface area contributed by atoms with Gasteiger partial charge >= 0.3 is 0 Å². The third-order valence-electron chi connectivity index (χ3n) is 7.05. The average molecular weight is 516 g/mol. The number of amides is 1. The number of piperidine rings is 1. The Hall–Kier alpha value is -3.05. The summed E-state index contributed by atoms with van der Waals surface area (Å²) in [5.41, 5.74) is 1.46. The minimum atomic E-state index is -3.79. The lowest BCUT2D eigenvalue weighted by atomic mass is 9.81. The zero-order valence-corrected chi connectivity index (χ0v) is 21.2. The van der Waals surface area contributed by atoms with Gasteiger partial charge in [0, 0.05) is 39.0 Å². The lowest BCUT2D eigenvalue weighted by Crippen LogP contribution is -2.44. The molecule has 5 rings (SSSR count). The molecule has 0 atom stereocenters. The highest BCUT2D eigenvalue weighted by Crippen LogP contribution is 2.43. The van der Waals surface area contributed by atoms with Crippen LogP contribution in [0.1, 0.15) is 54.2 Å². The van der Waals surface area contributed by atoms with E-state index in [1.807, 2.05) is 40.0 Å². The number of anilines is 1. The number of benzene rings is 1. The van der Waals surface area contributed by atoms with Gasteiger partial charge < -0.3 is 9.64 Å². The van der Waals surface area contributed by atoms with Gasteiger partial charge in [0.25, 0.3) is 5.91 Å². The zero-order chi connectivity index (χ0) is 25.5. The molecule has 0 radical (unpaired) electrons. The van der Waals surface area contributed by atoms with E-state index in [0.717, 1.165) is 48.0 Å². The second kappa shape index (κ2) is 9.44. The maximum atomic E-state index is 15.2. The van der Waals surface area contributed by atoms with E-state index in [1.54, 1.807) is 10.7 Å². The van der Waals surface area contributed by atoms with Crippen molar-refractivity contribution in [3.05, 3.63) is 47.8 Å². The number of carbonyl (C=O) groups excluding carboxylic acids is 1. The monoisotopic (exact) mass is 515 g/mol. The Kier molecular flexibility index (Phi) is 6.46. The van der Waals surface area contributed by atoms with Gasteiger partial charge in [-0.2, -0.15) is 5.10 Å². The summed E-state index contributed by atoms with van der Waals surface area (Å²) in [7, 11) is -2.29. The van der Waals surface area contributed by atoms with Crippen molar-refractivity contribution in [1.82, 2.24) is 19.5 Å². The summed E-state index contributed by atoms with van der Waals surface area (Å²) in [6.07, 6.45) is 4.63. The third kappa shape index (κ3) is 4.81. The van der Waals surface area contributed by atoms with Crippen LogP contribution in [0.25, 0.3) is 16.7 Å². The Morgan fingerprint density at radius 1 is 1.22 bits per heavy atom. The number of nitrogens with one attached hydrogen (secondary N) is 1. The first kappa shape index (κ1) is 24.6. The number of ether oxygens (including phenoxy) is 1. The molecule has 0 spiro atoms. The van der Waals surface area contributed by atoms with Crippen molar-refractivity contribution in [3.8, 4) is 5.69 Å². The molecule has 192 valence electrons. The highest BCUT2D eigenvalue weighted by atomic mass is 32.2. The highest BCUT2D eigenvalue weighted by molar-refractivity contribution is 7.89. The number of sulfonamides is 1. The molecule has 36 heavy (non-hydrogen) atoms. The van der Waals surface area contributed by atoms with E-state index in [1.165, 1.54) is 7.11 Å². The fraction of sp³-hybridized carbons (Fsp3) is 0.480. The van der Waals surface area contributed by atoms with Crippen molar-refractivity contribution < 1.29 is 22.3 Å². The second-order valence-corrected chi connectivity index (χ2v) is 11.5. The summed E-state index contributed by atoms with van der Waals surface area (Å²) in [5.74, 6) is -0.546. The summed E-state index contributed by atoms with van der Waals surface area (Å²) in [5, 5.41) is 5.78. The van der Waals surface area contributed by atoms with Gasteiger partial charge in [0.15, 0.2) is 5.65 Å². The van der Waals surface area contributed by atoms with Crippen molar-refractivity contribution in [2.45, 2.75) is 43.7 Å². The van der Waals surface area contributed by atoms with Gasteiger partial charge in [0.05, 0.1) is 35.3 Å². The molecule has 11 heteroatoms. The third-order valence-corrected chi connectivity index (χ3v) is 7.61. The molecule has 2 aromatic heterocycles. The van der Waals surface area contributed by atoms with Gasteiger partial charge in [0.1, 0.15) is 11.4 Å². The van der Waals surface area contributed by atoms with Crippen LogP contribution in [-0.4, -0.2) is 67.8 Å². The lowest BCUT2D eigenvalue weighted by Gasteiger charge is -2.37. The summed E-state index contributed by atoms with van der Waals surface area (Å²) >= 11 is 0. The summed E-state index contributed by atoms with van der Waals surface area (Å²) in [6.45, 7) is 0.882. The number of fused-ring (bicyclic) bond motifs is 1. The molecular weight excluding hydrogens is 485 g/mol. The van der Waals surface area contributed by atoms with Gasteiger partial charge in [0.2, 0.25) is 10.0 Å². The predicted octanol–water partition coefficient (Wildman–Crippen LogP) is 3.33. The molecule has 1 saturated heterocycles. The molecule has 1 aromatic carbocycles. The summed E-state index contributed by atoms with van der Waals surface area (Å²) < 4.78 is 47.6. The minimum Gasteiger partial charge on any atom is -0.381 e. The highest BCUT2D eigenvalue weighted by Gasteiger charge is 2.37. The lowest BCUT2D eigenvalue weighted by molar-refractivity contribution is 0.0228. The molecule has 3 aromatic rings. The first-order chi connectivity index (χ1) is 17.2. The molecule has 1 N–H and O–H groups in total. The van der Waals surface area contributed by atoms with Crippen LogP contribution in [0, 0.1) is 0 Å². The number of para-hydroxylation sites is 1. The molecule has 0 unspecified atom stereocenters. The standard InChI is InChI=1S/C25H30FN5O4S/c1-35-16-25(26)11-13-30(14-12-25)20-15-19(24(32)29-36(2,33)34)27-23-21(20)22(17-7-6-8-17)28-31(23)18-9-4-3-5-10-18/h3-5,9-10,15,17H,6-8,11-14,16H2,1-2H3,(H,29,32). The van der Waals surface area contributed by atoms with Crippen molar-refractivity contribution >= 4 is 32.7 Å². The van der Waals surface area contributed by atoms with E-state index in [-0.39, 0.29) is 31.1 Å². The fourth-order valence-electron chi connectivity index (χ4n) is 4.98. The van der Waals surface area contributed by atoms with Crippen LogP contribution in [-0.2, 0) is 14.8 Å². The number of rotatable bonds is 7. The van der Waals surface area contributed by atoms with Crippen molar-refractivity contribution in [2.24, 2.45) is 0 Å². The molecule has 9 nitrogen and oxygen atoms in total. The van der Waals surface area contributed by atoms with Crippen LogP contribution in [0.3, 0.4) is 0 Å². The molecule has 1 aliphatic carbocycles. The van der Waals surface area contributed by atoms with Crippen LogP contribution < -0.4 is 9.62 Å². The van der Waals surface area contributed by atoms with E-state index >= 15 is 4.39 Å². The smallest absolute Gasteiger partial charge is 0.283 e. The molecule has 0 bridgehead atoms. The van der Waals surface area contributed by atoms with E-state index in [0.29, 0.717) is 18.7 Å². The normalized spacial score (nSPS) is 18.2. The summed E-state index contributed by atoms with van der Waals surface area (Å²) in [4.78, 5) is 19.6. The summed E-state index contributed by atoms with van der Waals surface area (Å²) in [6, 6.07) is 11.1. The van der Waals surface area contributed by atoms with Crippen LogP contribution >= 0.6 is 0 Å². The fourth-order valence-corrected chi connectivity index (χ4v) is 5.42. The first-order valence-electron chi connectivity index (χ1n) is 12.1. The zero-order valence-electron chi connectivity index (χ0n) is 20.4. The molecular formula is C25H30FN5O4S. The number of hydrogen-bond acceptors (Lipinski definition) is 7. The Bertz CT molecular complexity index is 1380. The Balaban J connectivity index is 1.68. The number of alkyl halides is 1. The van der Waals surface area contributed by atoms with E-state index in [4.69, 9.17) is 9.84 Å². The molecule has 3 heterocycles. The first-order valence-corrected chi connectivity index (χ1v) is 14.0. The number of aromatic nitrogens is 3. The van der Waals surface area contributed by atoms with Gasteiger partial charge in [-0.15, -0.1) is 0 Å².